The van der Waals surface area contributed by atoms with E-state index in [2.05, 4.69) is 36.7 Å². The van der Waals surface area contributed by atoms with Gasteiger partial charge in [-0.3, -0.25) is 4.90 Å². The van der Waals surface area contributed by atoms with Crippen molar-refractivity contribution in [2.24, 2.45) is 5.92 Å². The summed E-state index contributed by atoms with van der Waals surface area (Å²) in [5.41, 5.74) is 2.10. The van der Waals surface area contributed by atoms with Gasteiger partial charge in [-0.05, 0) is 50.4 Å². The molecule has 0 saturated carbocycles. The first-order valence-corrected chi connectivity index (χ1v) is 7.64. The maximum Gasteiger partial charge on any atom is 0.123 e. The van der Waals surface area contributed by atoms with E-state index < -0.39 is 0 Å². The predicted molar refractivity (Wildman–Crippen MR) is 85.2 cm³/mol. The molecule has 1 aromatic rings. The van der Waals surface area contributed by atoms with Gasteiger partial charge in [-0.25, -0.2) is 0 Å². The third-order valence-electron chi connectivity index (χ3n) is 4.24. The van der Waals surface area contributed by atoms with Crippen LogP contribution < -0.4 is 4.74 Å². The molecule has 0 amide bonds. The van der Waals surface area contributed by atoms with Crippen LogP contribution in [0.4, 0.5) is 0 Å². The molecule has 1 heterocycles. The summed E-state index contributed by atoms with van der Waals surface area (Å²) in [6.07, 6.45) is 2.52. The molecule has 1 N–H and O–H groups in total. The van der Waals surface area contributed by atoms with E-state index >= 15 is 0 Å². The lowest BCUT2D eigenvalue weighted by molar-refractivity contribution is 0.121. The van der Waals surface area contributed by atoms with Gasteiger partial charge in [-0.15, -0.1) is 0 Å². The highest BCUT2D eigenvalue weighted by atomic mass is 16.5. The highest BCUT2D eigenvalue weighted by molar-refractivity contribution is 5.44. The Balaban J connectivity index is 2.17. The lowest BCUT2D eigenvalue weighted by atomic mass is 9.93. The smallest absolute Gasteiger partial charge is 0.123 e. The zero-order valence-electron chi connectivity index (χ0n) is 13.2. The number of hydrogen-bond donors (Lipinski definition) is 1. The van der Waals surface area contributed by atoms with E-state index in [1.807, 2.05) is 12.1 Å². The van der Waals surface area contributed by atoms with E-state index in [9.17, 15) is 0 Å². The van der Waals surface area contributed by atoms with Crippen molar-refractivity contribution in [2.45, 2.75) is 39.3 Å². The van der Waals surface area contributed by atoms with Crippen LogP contribution in [0.2, 0.25) is 0 Å². The summed E-state index contributed by atoms with van der Waals surface area (Å²) in [6.45, 7) is 6.56. The fraction of sp³-hybridized carbons (Fsp3) is 0.556. The van der Waals surface area contributed by atoms with E-state index in [4.69, 9.17) is 9.84 Å². The minimum Gasteiger partial charge on any atom is -0.496 e. The second kappa shape index (κ2) is 7.49. The zero-order chi connectivity index (χ0) is 15.2. The molecule has 0 radical (unpaired) electrons. The molecular weight excluding hydrogens is 262 g/mol. The zero-order valence-corrected chi connectivity index (χ0v) is 13.2. The largest absolute Gasteiger partial charge is 0.496 e. The number of piperidine rings is 1. The van der Waals surface area contributed by atoms with Crippen LogP contribution in [-0.2, 0) is 6.54 Å². The number of aliphatic hydroxyl groups excluding tert-OH is 1. The molecule has 3 nitrogen and oxygen atoms in total. The van der Waals surface area contributed by atoms with Crippen molar-refractivity contribution in [3.05, 3.63) is 29.3 Å². The van der Waals surface area contributed by atoms with E-state index in [0.29, 0.717) is 6.04 Å². The molecule has 1 fully saturated rings. The van der Waals surface area contributed by atoms with Gasteiger partial charge in [0, 0.05) is 23.7 Å². The van der Waals surface area contributed by atoms with Crippen molar-refractivity contribution in [1.82, 2.24) is 4.90 Å². The van der Waals surface area contributed by atoms with E-state index in [0.717, 1.165) is 30.3 Å². The van der Waals surface area contributed by atoms with Gasteiger partial charge in [0.2, 0.25) is 0 Å². The standard InChI is InChI=1S/C18H25NO2/c1-14-8-9-19(15(2)11-14)13-17-12-16(5-4-10-20)6-7-18(17)21-3/h6-7,12,14-15,20H,8-11,13H2,1-3H3. The minimum absolute atomic E-state index is 0.109. The predicted octanol–water partition coefficient (Wildman–Crippen LogP) is 2.66. The third kappa shape index (κ3) is 4.23. The molecule has 1 aliphatic rings. The molecule has 3 heteroatoms. The molecular formula is C18H25NO2. The van der Waals surface area contributed by atoms with Crippen LogP contribution in [0.5, 0.6) is 5.75 Å². The van der Waals surface area contributed by atoms with Gasteiger partial charge in [-0.2, -0.15) is 0 Å². The lowest BCUT2D eigenvalue weighted by Crippen LogP contribution is -2.39. The van der Waals surface area contributed by atoms with Gasteiger partial charge >= 0.3 is 0 Å². The molecule has 1 aliphatic heterocycles. The van der Waals surface area contributed by atoms with Crippen LogP contribution in [0, 0.1) is 17.8 Å². The fourth-order valence-electron chi connectivity index (χ4n) is 3.03. The average Bonchev–Trinajstić information content (AvgIpc) is 2.48. The van der Waals surface area contributed by atoms with Crippen LogP contribution in [0.1, 0.15) is 37.8 Å². The van der Waals surface area contributed by atoms with Crippen LogP contribution in [-0.4, -0.2) is 36.3 Å². The van der Waals surface area contributed by atoms with Crippen LogP contribution in [0.25, 0.3) is 0 Å². The van der Waals surface area contributed by atoms with Gasteiger partial charge < -0.3 is 9.84 Å². The maximum atomic E-state index is 8.81. The first-order valence-electron chi connectivity index (χ1n) is 7.64. The Kier molecular flexibility index (Phi) is 5.67. The lowest BCUT2D eigenvalue weighted by Gasteiger charge is -2.36. The first-order chi connectivity index (χ1) is 10.1. The number of methoxy groups -OCH3 is 1. The molecule has 0 aromatic heterocycles. The van der Waals surface area contributed by atoms with Crippen molar-refractivity contribution in [3.8, 4) is 17.6 Å². The minimum atomic E-state index is -0.109. The normalized spacial score (nSPS) is 22.5. The molecule has 2 atom stereocenters. The SMILES string of the molecule is COc1ccc(C#CCO)cc1CN1CCC(C)CC1C. The van der Waals surface area contributed by atoms with Crippen LogP contribution in [0.15, 0.2) is 18.2 Å². The van der Waals surface area contributed by atoms with Gasteiger partial charge in [-0.1, -0.05) is 18.8 Å². The number of hydrogen-bond acceptors (Lipinski definition) is 3. The molecule has 0 bridgehead atoms. The molecule has 2 rings (SSSR count). The number of rotatable bonds is 3. The highest BCUT2D eigenvalue weighted by Gasteiger charge is 2.23. The Morgan fingerprint density at radius 2 is 2.19 bits per heavy atom. The van der Waals surface area contributed by atoms with E-state index in [1.165, 1.54) is 18.4 Å². The fourth-order valence-corrected chi connectivity index (χ4v) is 3.03. The van der Waals surface area contributed by atoms with Gasteiger partial charge in [0.1, 0.15) is 12.4 Å². The number of benzene rings is 1. The van der Waals surface area contributed by atoms with Gasteiger partial charge in [0.05, 0.1) is 7.11 Å². The van der Waals surface area contributed by atoms with E-state index in [1.54, 1.807) is 7.11 Å². The number of ether oxygens (including phenoxy) is 1. The molecule has 21 heavy (non-hydrogen) atoms. The molecule has 1 aromatic carbocycles. The number of aliphatic hydroxyl groups is 1. The van der Waals surface area contributed by atoms with Crippen molar-refractivity contribution in [1.29, 1.82) is 0 Å². The summed E-state index contributed by atoms with van der Waals surface area (Å²) >= 11 is 0. The topological polar surface area (TPSA) is 32.7 Å². The van der Waals surface area contributed by atoms with Crippen molar-refractivity contribution >= 4 is 0 Å². The second-order valence-electron chi connectivity index (χ2n) is 5.94. The summed E-state index contributed by atoms with van der Waals surface area (Å²) in [7, 11) is 1.71. The van der Waals surface area contributed by atoms with Crippen LogP contribution >= 0.6 is 0 Å². The summed E-state index contributed by atoms with van der Waals surface area (Å²) in [5, 5.41) is 8.81. The monoisotopic (exact) mass is 287 g/mol. The molecule has 0 spiro atoms. The number of nitrogens with zero attached hydrogens (tertiary/aromatic N) is 1. The van der Waals surface area contributed by atoms with Crippen molar-refractivity contribution < 1.29 is 9.84 Å². The number of likely N-dealkylation sites (tertiary alicyclic amines) is 1. The second-order valence-corrected chi connectivity index (χ2v) is 5.94. The Labute approximate surface area is 127 Å². The van der Waals surface area contributed by atoms with Gasteiger partial charge in [0.15, 0.2) is 0 Å². The summed E-state index contributed by atoms with van der Waals surface area (Å²) < 4.78 is 5.48. The Bertz CT molecular complexity index is 530. The summed E-state index contributed by atoms with van der Waals surface area (Å²) in [6, 6.07) is 6.58. The maximum absolute atomic E-state index is 8.81. The molecule has 0 aliphatic carbocycles. The summed E-state index contributed by atoms with van der Waals surface area (Å²) in [5.74, 6) is 7.40. The Morgan fingerprint density at radius 3 is 2.86 bits per heavy atom. The quantitative estimate of drug-likeness (QED) is 0.868. The molecule has 114 valence electrons. The van der Waals surface area contributed by atoms with Crippen molar-refractivity contribution in [2.75, 3.05) is 20.3 Å². The van der Waals surface area contributed by atoms with Gasteiger partial charge in [0.25, 0.3) is 0 Å². The Hall–Kier alpha value is -1.50. The summed E-state index contributed by atoms with van der Waals surface area (Å²) in [4.78, 5) is 2.51. The van der Waals surface area contributed by atoms with Crippen LogP contribution in [0.3, 0.4) is 0 Å². The average molecular weight is 287 g/mol. The first kappa shape index (κ1) is 15.9. The highest BCUT2D eigenvalue weighted by Crippen LogP contribution is 2.27. The molecule has 2 unspecified atom stereocenters. The molecule has 1 saturated heterocycles. The third-order valence-corrected chi connectivity index (χ3v) is 4.24. The van der Waals surface area contributed by atoms with Crippen molar-refractivity contribution in [3.63, 3.8) is 0 Å². The Morgan fingerprint density at radius 1 is 1.38 bits per heavy atom. The van der Waals surface area contributed by atoms with E-state index in [-0.39, 0.29) is 6.61 Å².